The van der Waals surface area contributed by atoms with Crippen molar-refractivity contribution >= 4 is 6.29 Å². The average Bonchev–Trinajstić information content (AvgIpc) is 2.93. The van der Waals surface area contributed by atoms with Crippen LogP contribution in [-0.4, -0.2) is 38.9 Å². The fraction of sp³-hybridized carbons (Fsp3) is 0.667. The van der Waals surface area contributed by atoms with E-state index in [1.807, 2.05) is 13.0 Å². The van der Waals surface area contributed by atoms with Gasteiger partial charge in [0.2, 0.25) is 0 Å². The lowest BCUT2D eigenvalue weighted by molar-refractivity contribution is -0.222. The number of aldehydes is 1. The van der Waals surface area contributed by atoms with Gasteiger partial charge in [0.1, 0.15) is 6.29 Å². The summed E-state index contributed by atoms with van der Waals surface area (Å²) in [6.07, 6.45) is 9.27. The van der Waals surface area contributed by atoms with E-state index in [1.165, 1.54) is 12.3 Å². The second kappa shape index (κ2) is 6.38. The van der Waals surface area contributed by atoms with E-state index in [0.717, 1.165) is 18.3 Å². The van der Waals surface area contributed by atoms with Crippen LogP contribution in [0.2, 0.25) is 0 Å². The predicted molar refractivity (Wildman–Crippen MR) is 109 cm³/mol. The number of rotatable bonds is 2. The van der Waals surface area contributed by atoms with E-state index < -0.39 is 33.8 Å². The Labute approximate surface area is 175 Å². The smallest absolute Gasteiger partial charge is 0.335 e. The zero-order valence-corrected chi connectivity index (χ0v) is 17.3. The molecule has 0 amide bonds. The summed E-state index contributed by atoms with van der Waals surface area (Å²) in [4.78, 5) is 23.9. The van der Waals surface area contributed by atoms with Crippen molar-refractivity contribution in [3.05, 3.63) is 46.5 Å². The second-order valence-electron chi connectivity index (χ2n) is 10.3. The van der Waals surface area contributed by atoms with Crippen LogP contribution in [-0.2, 0) is 4.79 Å². The molecule has 0 aromatic carbocycles. The molecular weight excluding hydrogens is 384 g/mol. The van der Waals surface area contributed by atoms with Crippen molar-refractivity contribution in [3.63, 3.8) is 0 Å². The maximum Gasteiger partial charge on any atom is 0.335 e. The maximum atomic E-state index is 12.5. The Balaban J connectivity index is 1.58. The molecule has 0 aliphatic heterocycles. The van der Waals surface area contributed by atoms with Gasteiger partial charge in [0.15, 0.2) is 0 Å². The van der Waals surface area contributed by atoms with Gasteiger partial charge >= 0.3 is 5.63 Å². The first kappa shape index (κ1) is 20.2. The normalized spacial score (nSPS) is 49.7. The molecule has 0 unspecified atom stereocenters. The zero-order chi connectivity index (χ0) is 21.4. The lowest BCUT2D eigenvalue weighted by atomic mass is 9.42. The van der Waals surface area contributed by atoms with Crippen molar-refractivity contribution in [1.82, 2.24) is 0 Å². The van der Waals surface area contributed by atoms with Gasteiger partial charge in [0.05, 0.1) is 29.0 Å². The quantitative estimate of drug-likeness (QED) is 0.506. The molecule has 0 saturated heterocycles. The highest BCUT2D eigenvalue weighted by molar-refractivity contribution is 5.65. The fourth-order valence-corrected chi connectivity index (χ4v) is 7.91. The molecule has 3 fully saturated rings. The highest BCUT2D eigenvalue weighted by atomic mass is 16.4. The highest BCUT2D eigenvalue weighted by Crippen LogP contribution is 2.70. The third kappa shape index (κ3) is 2.30. The van der Waals surface area contributed by atoms with Crippen LogP contribution >= 0.6 is 0 Å². The standard InChI is InChI=1S/C24H30O6/c1-21-10-6-16-17(7-11-23(28)9-3-2-8-22(16,23)14-25)24(21,29)12-18(26)20(21)15-4-5-19(27)30-13-15/h3-5,9,13-14,16-18,20,26,28-29H,2,6-8,10-12H2,1H3/t16-,17+,18+,20-,21+,22-,23-,24+/m0/s1. The molecule has 5 rings (SSSR count). The first-order valence-corrected chi connectivity index (χ1v) is 11.1. The Morgan fingerprint density at radius 3 is 2.60 bits per heavy atom. The Kier molecular flexibility index (Phi) is 4.28. The Morgan fingerprint density at radius 2 is 1.90 bits per heavy atom. The Bertz CT molecular complexity index is 933. The highest BCUT2D eigenvalue weighted by Gasteiger charge is 2.72. The van der Waals surface area contributed by atoms with Gasteiger partial charge in [-0.3, -0.25) is 0 Å². The molecule has 30 heavy (non-hydrogen) atoms. The van der Waals surface area contributed by atoms with Gasteiger partial charge in [0, 0.05) is 23.8 Å². The summed E-state index contributed by atoms with van der Waals surface area (Å²) in [5, 5.41) is 34.6. The molecule has 0 bridgehead atoms. The number of hydrogen-bond acceptors (Lipinski definition) is 6. The molecule has 3 N–H and O–H groups in total. The van der Waals surface area contributed by atoms with Crippen molar-refractivity contribution in [3.8, 4) is 0 Å². The predicted octanol–water partition coefficient (Wildman–Crippen LogP) is 2.31. The lowest BCUT2D eigenvalue weighted by Gasteiger charge is -2.63. The van der Waals surface area contributed by atoms with Gasteiger partial charge in [-0.15, -0.1) is 0 Å². The van der Waals surface area contributed by atoms with Gasteiger partial charge in [-0.25, -0.2) is 4.79 Å². The van der Waals surface area contributed by atoms with E-state index in [0.29, 0.717) is 32.1 Å². The van der Waals surface area contributed by atoms with Gasteiger partial charge in [-0.05, 0) is 62.0 Å². The van der Waals surface area contributed by atoms with E-state index in [9.17, 15) is 24.9 Å². The monoisotopic (exact) mass is 414 g/mol. The maximum absolute atomic E-state index is 12.5. The molecule has 1 aromatic heterocycles. The van der Waals surface area contributed by atoms with E-state index in [-0.39, 0.29) is 24.2 Å². The van der Waals surface area contributed by atoms with Crippen LogP contribution in [0.5, 0.6) is 0 Å². The lowest BCUT2D eigenvalue weighted by Crippen LogP contribution is -2.67. The van der Waals surface area contributed by atoms with Crippen molar-refractivity contribution < 1.29 is 24.5 Å². The molecule has 8 atom stereocenters. The van der Waals surface area contributed by atoms with Gasteiger partial charge < -0.3 is 24.5 Å². The number of fused-ring (bicyclic) bond motifs is 5. The Hall–Kier alpha value is -1.76. The molecule has 4 aliphatic rings. The van der Waals surface area contributed by atoms with Gasteiger partial charge in [-0.2, -0.15) is 0 Å². The van der Waals surface area contributed by atoms with Crippen LogP contribution in [0.15, 0.2) is 39.8 Å². The molecular formula is C24H30O6. The molecule has 1 heterocycles. The minimum absolute atomic E-state index is 0.128. The topological polar surface area (TPSA) is 108 Å². The number of carbonyl (C=O) groups is 1. The molecule has 6 heteroatoms. The van der Waals surface area contributed by atoms with Crippen LogP contribution in [0, 0.1) is 22.7 Å². The van der Waals surface area contributed by atoms with Gasteiger partial charge in [0.25, 0.3) is 0 Å². The molecule has 0 radical (unpaired) electrons. The first-order valence-electron chi connectivity index (χ1n) is 11.1. The van der Waals surface area contributed by atoms with Crippen LogP contribution < -0.4 is 5.63 Å². The van der Waals surface area contributed by atoms with Crippen molar-refractivity contribution in [2.75, 3.05) is 0 Å². The SMILES string of the molecule is C[C@]12CC[C@H]3[C@@H](CC[C@@]4(O)C=CCC[C@]34C=O)[C@]1(O)C[C@@H](O)[C@@H]2c1ccc(=O)oc1. The molecule has 4 aliphatic carbocycles. The summed E-state index contributed by atoms with van der Waals surface area (Å²) in [6.45, 7) is 2.02. The molecule has 1 aromatic rings. The number of aliphatic hydroxyl groups is 3. The molecule has 0 spiro atoms. The molecule has 6 nitrogen and oxygen atoms in total. The third-order valence-electron chi connectivity index (χ3n) is 9.37. The van der Waals surface area contributed by atoms with Crippen LogP contribution in [0.25, 0.3) is 0 Å². The second-order valence-corrected chi connectivity index (χ2v) is 10.3. The zero-order valence-electron chi connectivity index (χ0n) is 17.3. The number of allylic oxidation sites excluding steroid dienone is 1. The Morgan fingerprint density at radius 1 is 1.13 bits per heavy atom. The number of carbonyl (C=O) groups excluding carboxylic acids is 1. The summed E-state index contributed by atoms with van der Waals surface area (Å²) >= 11 is 0. The van der Waals surface area contributed by atoms with Crippen molar-refractivity contribution in [2.24, 2.45) is 22.7 Å². The molecule has 162 valence electrons. The van der Waals surface area contributed by atoms with Crippen LogP contribution in [0.3, 0.4) is 0 Å². The van der Waals surface area contributed by atoms with Gasteiger partial charge in [-0.1, -0.05) is 19.1 Å². The summed E-state index contributed by atoms with van der Waals surface area (Å²) in [5.74, 6) is -0.660. The summed E-state index contributed by atoms with van der Waals surface area (Å²) < 4.78 is 5.07. The first-order chi connectivity index (χ1) is 14.2. The average molecular weight is 414 g/mol. The number of aliphatic hydroxyl groups excluding tert-OH is 1. The van der Waals surface area contributed by atoms with Crippen LogP contribution in [0.1, 0.15) is 63.4 Å². The fourth-order valence-electron chi connectivity index (χ4n) is 7.91. The van der Waals surface area contributed by atoms with E-state index in [4.69, 9.17) is 4.42 Å². The van der Waals surface area contributed by atoms with E-state index in [1.54, 1.807) is 12.1 Å². The summed E-state index contributed by atoms with van der Waals surface area (Å²) in [7, 11) is 0. The van der Waals surface area contributed by atoms with E-state index in [2.05, 4.69) is 0 Å². The largest absolute Gasteiger partial charge is 0.431 e. The number of hydrogen-bond donors (Lipinski definition) is 3. The van der Waals surface area contributed by atoms with Crippen molar-refractivity contribution in [1.29, 1.82) is 0 Å². The minimum atomic E-state index is -1.16. The molecule has 3 saturated carbocycles. The third-order valence-corrected chi connectivity index (χ3v) is 9.37. The summed E-state index contributed by atoms with van der Waals surface area (Å²) in [5.41, 5.74) is -3.54. The summed E-state index contributed by atoms with van der Waals surface area (Å²) in [6, 6.07) is 3.03. The van der Waals surface area contributed by atoms with Crippen LogP contribution in [0.4, 0.5) is 0 Å². The van der Waals surface area contributed by atoms with Crippen molar-refractivity contribution in [2.45, 2.75) is 75.1 Å². The van der Waals surface area contributed by atoms with E-state index >= 15 is 0 Å². The minimum Gasteiger partial charge on any atom is -0.431 e.